The lowest BCUT2D eigenvalue weighted by Gasteiger charge is -2.09. The molecule has 3 rings (SSSR count). The van der Waals surface area contributed by atoms with E-state index in [-0.39, 0.29) is 0 Å². The molecule has 0 aliphatic heterocycles. The van der Waals surface area contributed by atoms with Crippen LogP contribution in [0.4, 0.5) is 5.69 Å². The van der Waals surface area contributed by atoms with Crippen LogP contribution in [-0.4, -0.2) is 14.5 Å². The summed E-state index contributed by atoms with van der Waals surface area (Å²) in [6.45, 7) is 2.70. The van der Waals surface area contributed by atoms with Crippen molar-refractivity contribution in [1.29, 1.82) is 0 Å². The van der Waals surface area contributed by atoms with Gasteiger partial charge in [0.2, 0.25) is 0 Å². The van der Waals surface area contributed by atoms with Crippen molar-refractivity contribution >= 4 is 17.3 Å². The first-order valence-electron chi connectivity index (χ1n) is 6.66. The second kappa shape index (κ2) is 5.97. The molecule has 106 valence electrons. The molecule has 0 fully saturated rings. The van der Waals surface area contributed by atoms with Gasteiger partial charge in [0, 0.05) is 30.8 Å². The molecule has 1 aromatic carbocycles. The number of anilines is 1. The predicted molar refractivity (Wildman–Crippen MR) is 84.9 cm³/mol. The number of nitrogens with one attached hydrogen (secondary N) is 1. The number of aryl methyl sites for hydroxylation is 1. The van der Waals surface area contributed by atoms with Gasteiger partial charge in [-0.05, 0) is 36.2 Å². The minimum Gasteiger partial charge on any atom is -0.378 e. The van der Waals surface area contributed by atoms with Crippen molar-refractivity contribution in [3.8, 4) is 5.69 Å². The monoisotopic (exact) mass is 298 g/mol. The first kappa shape index (κ1) is 13.6. The molecule has 5 heteroatoms. The Labute approximate surface area is 128 Å². The molecule has 0 aliphatic carbocycles. The van der Waals surface area contributed by atoms with Gasteiger partial charge in [-0.2, -0.15) is 0 Å². The van der Waals surface area contributed by atoms with Gasteiger partial charge in [0.1, 0.15) is 0 Å². The van der Waals surface area contributed by atoms with E-state index in [0.29, 0.717) is 11.7 Å². The van der Waals surface area contributed by atoms with Gasteiger partial charge in [-0.1, -0.05) is 23.7 Å². The number of imidazole rings is 1. The highest BCUT2D eigenvalue weighted by Gasteiger charge is 2.02. The number of hydrogen-bond acceptors (Lipinski definition) is 3. The number of hydrogen-bond donors (Lipinski definition) is 1. The van der Waals surface area contributed by atoms with Crippen LogP contribution in [0.3, 0.4) is 0 Å². The molecule has 2 heterocycles. The fourth-order valence-electron chi connectivity index (χ4n) is 2.07. The molecule has 0 saturated carbocycles. The van der Waals surface area contributed by atoms with Gasteiger partial charge in [0.05, 0.1) is 12.0 Å². The van der Waals surface area contributed by atoms with Crippen molar-refractivity contribution in [3.05, 3.63) is 71.5 Å². The molecule has 2 aromatic heterocycles. The van der Waals surface area contributed by atoms with E-state index < -0.39 is 0 Å². The molecule has 0 amide bonds. The van der Waals surface area contributed by atoms with E-state index in [4.69, 9.17) is 11.6 Å². The van der Waals surface area contributed by atoms with Crippen LogP contribution < -0.4 is 5.32 Å². The molecule has 4 nitrogen and oxygen atoms in total. The molecule has 0 radical (unpaired) electrons. The van der Waals surface area contributed by atoms with Gasteiger partial charge in [-0.3, -0.25) is 0 Å². The Bertz CT molecular complexity index is 721. The van der Waals surface area contributed by atoms with Crippen LogP contribution >= 0.6 is 11.6 Å². The van der Waals surface area contributed by atoms with Gasteiger partial charge >= 0.3 is 0 Å². The average molecular weight is 299 g/mol. The highest BCUT2D eigenvalue weighted by Crippen LogP contribution is 2.20. The van der Waals surface area contributed by atoms with Gasteiger partial charge in [-0.25, -0.2) is 9.97 Å². The molecule has 3 aromatic rings. The topological polar surface area (TPSA) is 42.7 Å². The second-order valence-electron chi connectivity index (χ2n) is 4.84. The summed E-state index contributed by atoms with van der Waals surface area (Å²) >= 11 is 6.07. The summed E-state index contributed by atoms with van der Waals surface area (Å²) in [4.78, 5) is 8.18. The number of aromatic nitrogens is 3. The maximum Gasteiger partial charge on any atom is 0.152 e. The summed E-state index contributed by atoms with van der Waals surface area (Å²) in [7, 11) is 0. The maximum atomic E-state index is 6.07. The van der Waals surface area contributed by atoms with Crippen LogP contribution in [0.5, 0.6) is 0 Å². The lowest BCUT2D eigenvalue weighted by Crippen LogP contribution is -2.01. The molecule has 0 unspecified atom stereocenters. The molecule has 21 heavy (non-hydrogen) atoms. The number of benzene rings is 1. The molecule has 0 atom stereocenters. The Morgan fingerprint density at radius 2 is 2.05 bits per heavy atom. The fraction of sp³-hybridized carbons (Fsp3) is 0.125. The van der Waals surface area contributed by atoms with Crippen LogP contribution in [0.2, 0.25) is 5.15 Å². The zero-order valence-electron chi connectivity index (χ0n) is 11.6. The third-order valence-electron chi connectivity index (χ3n) is 3.20. The lowest BCUT2D eigenvalue weighted by molar-refractivity contribution is 1.05. The minimum absolute atomic E-state index is 0.496. The number of halogens is 1. The number of pyridine rings is 1. The van der Waals surface area contributed by atoms with E-state index in [1.165, 1.54) is 5.56 Å². The average Bonchev–Trinajstić information content (AvgIpc) is 3.03. The number of rotatable bonds is 4. The largest absolute Gasteiger partial charge is 0.378 e. The van der Waals surface area contributed by atoms with Crippen LogP contribution in [0.1, 0.15) is 11.1 Å². The normalized spacial score (nSPS) is 10.6. The van der Waals surface area contributed by atoms with Crippen LogP contribution in [0, 0.1) is 6.92 Å². The molecule has 0 spiro atoms. The molecule has 1 N–H and O–H groups in total. The zero-order valence-corrected chi connectivity index (χ0v) is 12.4. The first-order chi connectivity index (χ1) is 10.2. The highest BCUT2D eigenvalue weighted by molar-refractivity contribution is 6.31. The summed E-state index contributed by atoms with van der Waals surface area (Å²) in [5.74, 6) is 0. The van der Waals surface area contributed by atoms with Crippen molar-refractivity contribution in [2.24, 2.45) is 0 Å². The Hall–Kier alpha value is -2.33. The molecular formula is C16H15ClN4. The van der Waals surface area contributed by atoms with Crippen molar-refractivity contribution in [2.45, 2.75) is 13.5 Å². The Morgan fingerprint density at radius 3 is 2.76 bits per heavy atom. The van der Waals surface area contributed by atoms with Crippen LogP contribution in [-0.2, 0) is 6.54 Å². The van der Waals surface area contributed by atoms with Crippen molar-refractivity contribution in [2.75, 3.05) is 5.32 Å². The summed E-state index contributed by atoms with van der Waals surface area (Å²) in [5.41, 5.74) is 4.20. The van der Waals surface area contributed by atoms with E-state index >= 15 is 0 Å². The van der Waals surface area contributed by atoms with Crippen molar-refractivity contribution in [3.63, 3.8) is 0 Å². The SMILES string of the molecule is Cc1cnc(Cl)c(NCc2ccc(-n3ccnc3)cc2)c1. The van der Waals surface area contributed by atoms with Crippen LogP contribution in [0.25, 0.3) is 5.69 Å². The second-order valence-corrected chi connectivity index (χ2v) is 5.20. The summed E-state index contributed by atoms with van der Waals surface area (Å²) in [6, 6.07) is 10.3. The highest BCUT2D eigenvalue weighted by atomic mass is 35.5. The smallest absolute Gasteiger partial charge is 0.152 e. The fourth-order valence-corrected chi connectivity index (χ4v) is 2.24. The summed E-state index contributed by atoms with van der Waals surface area (Å²) < 4.78 is 1.97. The van der Waals surface area contributed by atoms with Gasteiger partial charge in [0.25, 0.3) is 0 Å². The number of nitrogens with zero attached hydrogens (tertiary/aromatic N) is 3. The van der Waals surface area contributed by atoms with E-state index in [2.05, 4.69) is 39.6 Å². The van der Waals surface area contributed by atoms with E-state index in [1.54, 1.807) is 18.7 Å². The maximum absolute atomic E-state index is 6.07. The summed E-state index contributed by atoms with van der Waals surface area (Å²) in [5, 5.41) is 3.81. The Kier molecular flexibility index (Phi) is 3.88. The van der Waals surface area contributed by atoms with Gasteiger partial charge in [0.15, 0.2) is 5.15 Å². The lowest BCUT2D eigenvalue weighted by atomic mass is 10.2. The van der Waals surface area contributed by atoms with E-state index in [9.17, 15) is 0 Å². The van der Waals surface area contributed by atoms with E-state index in [1.807, 2.05) is 23.8 Å². The Balaban J connectivity index is 1.70. The molecule has 0 aliphatic rings. The van der Waals surface area contributed by atoms with Gasteiger partial charge < -0.3 is 9.88 Å². The standard InChI is InChI=1S/C16H15ClN4/c1-12-8-15(16(17)20-9-12)19-10-13-2-4-14(5-3-13)21-7-6-18-11-21/h2-9,11,19H,10H2,1H3. The van der Waals surface area contributed by atoms with E-state index in [0.717, 1.165) is 16.9 Å². The van der Waals surface area contributed by atoms with Crippen LogP contribution in [0.15, 0.2) is 55.2 Å². The van der Waals surface area contributed by atoms with Crippen molar-refractivity contribution in [1.82, 2.24) is 14.5 Å². The van der Waals surface area contributed by atoms with Gasteiger partial charge in [-0.15, -0.1) is 0 Å². The molecular weight excluding hydrogens is 284 g/mol. The molecule has 0 bridgehead atoms. The third kappa shape index (κ3) is 3.23. The third-order valence-corrected chi connectivity index (χ3v) is 3.50. The predicted octanol–water partition coefficient (Wildman–Crippen LogP) is 3.84. The Morgan fingerprint density at radius 1 is 1.24 bits per heavy atom. The first-order valence-corrected chi connectivity index (χ1v) is 7.03. The quantitative estimate of drug-likeness (QED) is 0.744. The van der Waals surface area contributed by atoms with Crippen molar-refractivity contribution < 1.29 is 0 Å². The molecule has 0 saturated heterocycles. The summed E-state index contributed by atoms with van der Waals surface area (Å²) in [6.07, 6.45) is 7.23. The zero-order chi connectivity index (χ0) is 14.7. The minimum atomic E-state index is 0.496.